The summed E-state index contributed by atoms with van der Waals surface area (Å²) in [5.74, 6) is -0.482. The first-order valence-corrected chi connectivity index (χ1v) is 10.3. The van der Waals surface area contributed by atoms with Crippen LogP contribution in [0.2, 0.25) is 0 Å². The van der Waals surface area contributed by atoms with E-state index in [1.54, 1.807) is 30.3 Å². The Morgan fingerprint density at radius 3 is 1.97 bits per heavy atom. The molecule has 1 saturated carbocycles. The fourth-order valence-electron chi connectivity index (χ4n) is 4.66. The van der Waals surface area contributed by atoms with E-state index >= 15 is 0 Å². The van der Waals surface area contributed by atoms with E-state index < -0.39 is 52.5 Å². The van der Waals surface area contributed by atoms with E-state index in [1.807, 2.05) is 0 Å². The van der Waals surface area contributed by atoms with Gasteiger partial charge in [-0.1, -0.05) is 30.3 Å². The van der Waals surface area contributed by atoms with Crippen LogP contribution in [0.3, 0.4) is 0 Å². The van der Waals surface area contributed by atoms with Crippen molar-refractivity contribution in [2.75, 3.05) is 6.61 Å². The molecule has 1 atom stereocenters. The number of hydrogen-bond acceptors (Lipinski definition) is 3. The molecule has 1 unspecified atom stereocenters. The highest BCUT2D eigenvalue weighted by atomic mass is 19.4. The number of imide groups is 1. The monoisotopic (exact) mass is 486 g/mol. The summed E-state index contributed by atoms with van der Waals surface area (Å²) in [6.45, 7) is 1.29. The van der Waals surface area contributed by atoms with E-state index in [2.05, 4.69) is 10.6 Å². The van der Waals surface area contributed by atoms with Crippen LogP contribution in [0.5, 0.6) is 0 Å². The van der Waals surface area contributed by atoms with E-state index in [-0.39, 0.29) is 31.1 Å². The number of halogens is 6. The minimum absolute atomic E-state index is 0.0682. The molecule has 5 nitrogen and oxygen atoms in total. The van der Waals surface area contributed by atoms with Crippen LogP contribution in [0.1, 0.15) is 48.1 Å². The van der Waals surface area contributed by atoms with Crippen molar-refractivity contribution in [3.05, 3.63) is 70.8 Å². The molecule has 1 aliphatic carbocycles. The summed E-state index contributed by atoms with van der Waals surface area (Å²) in [6, 6.07) is 9.62. The first-order valence-electron chi connectivity index (χ1n) is 10.3. The lowest BCUT2D eigenvalue weighted by atomic mass is 9.54. The molecule has 2 aromatic carbocycles. The Kier molecular flexibility index (Phi) is 5.66. The number of carbonyl (C=O) groups excluding carboxylic acids is 2. The number of benzene rings is 2. The predicted octanol–water partition coefficient (Wildman–Crippen LogP) is 5.11. The third kappa shape index (κ3) is 4.36. The fraction of sp³-hybridized carbons (Fsp3) is 0.391. The molecule has 2 fully saturated rings. The third-order valence-corrected chi connectivity index (χ3v) is 6.37. The molecular weight excluding hydrogens is 466 g/mol. The van der Waals surface area contributed by atoms with Crippen molar-refractivity contribution >= 4 is 11.9 Å². The molecule has 182 valence electrons. The predicted molar refractivity (Wildman–Crippen MR) is 108 cm³/mol. The van der Waals surface area contributed by atoms with E-state index in [1.165, 1.54) is 6.92 Å². The third-order valence-electron chi connectivity index (χ3n) is 6.37. The first kappa shape index (κ1) is 24.1. The van der Waals surface area contributed by atoms with Gasteiger partial charge in [-0.3, -0.25) is 10.1 Å². The second-order valence-corrected chi connectivity index (χ2v) is 8.78. The molecule has 2 aromatic rings. The molecule has 1 heterocycles. The topological polar surface area (TPSA) is 67.4 Å². The van der Waals surface area contributed by atoms with Gasteiger partial charge in [0.25, 0.3) is 5.91 Å². The summed E-state index contributed by atoms with van der Waals surface area (Å²) in [6.07, 6.45) is -10.7. The van der Waals surface area contributed by atoms with Gasteiger partial charge in [0.05, 0.1) is 23.8 Å². The molecule has 4 rings (SSSR count). The Hall–Kier alpha value is -3.08. The maximum Gasteiger partial charge on any atom is 0.416 e. The number of nitrogens with one attached hydrogen (secondary N) is 2. The van der Waals surface area contributed by atoms with Crippen molar-refractivity contribution in [3.8, 4) is 0 Å². The van der Waals surface area contributed by atoms with Gasteiger partial charge in [0, 0.05) is 5.41 Å². The summed E-state index contributed by atoms with van der Waals surface area (Å²) in [4.78, 5) is 23.9. The zero-order chi connectivity index (χ0) is 24.9. The smallest absolute Gasteiger partial charge is 0.373 e. The van der Waals surface area contributed by atoms with Crippen LogP contribution >= 0.6 is 0 Å². The number of alkyl halides is 6. The highest BCUT2D eigenvalue weighted by Gasteiger charge is 2.63. The normalized spacial score (nSPS) is 25.6. The molecule has 3 amide bonds. The highest BCUT2D eigenvalue weighted by molar-refractivity contribution is 6.08. The molecule has 34 heavy (non-hydrogen) atoms. The second kappa shape index (κ2) is 8.00. The Bertz CT molecular complexity index is 1080. The van der Waals surface area contributed by atoms with Gasteiger partial charge >= 0.3 is 18.4 Å². The van der Waals surface area contributed by atoms with Crippen LogP contribution in [0.4, 0.5) is 31.1 Å². The highest BCUT2D eigenvalue weighted by Crippen LogP contribution is 2.52. The number of ether oxygens (including phenoxy) is 1. The van der Waals surface area contributed by atoms with Gasteiger partial charge in [-0.05, 0) is 49.1 Å². The molecule has 0 bridgehead atoms. The zero-order valence-electron chi connectivity index (χ0n) is 17.8. The molecule has 2 N–H and O–H groups in total. The number of rotatable bonds is 5. The van der Waals surface area contributed by atoms with Gasteiger partial charge in [-0.15, -0.1) is 0 Å². The molecule has 1 aliphatic heterocycles. The minimum Gasteiger partial charge on any atom is -0.373 e. The maximum atomic E-state index is 13.2. The maximum absolute atomic E-state index is 13.2. The van der Waals surface area contributed by atoms with Crippen LogP contribution in [0.15, 0.2) is 48.5 Å². The largest absolute Gasteiger partial charge is 0.416 e. The van der Waals surface area contributed by atoms with E-state index in [9.17, 15) is 35.9 Å². The van der Waals surface area contributed by atoms with Crippen LogP contribution in [0.25, 0.3) is 0 Å². The number of urea groups is 1. The summed E-state index contributed by atoms with van der Waals surface area (Å²) < 4.78 is 85.1. The molecule has 2 aliphatic rings. The fourth-order valence-corrected chi connectivity index (χ4v) is 4.66. The van der Waals surface area contributed by atoms with Gasteiger partial charge < -0.3 is 10.1 Å². The quantitative estimate of drug-likeness (QED) is 0.456. The van der Waals surface area contributed by atoms with Crippen molar-refractivity contribution in [2.24, 2.45) is 0 Å². The molecule has 1 saturated heterocycles. The van der Waals surface area contributed by atoms with Crippen molar-refractivity contribution in [3.63, 3.8) is 0 Å². The van der Waals surface area contributed by atoms with E-state index in [0.717, 1.165) is 5.56 Å². The summed E-state index contributed by atoms with van der Waals surface area (Å²) >= 11 is 0. The summed E-state index contributed by atoms with van der Waals surface area (Å²) in [5.41, 5.74) is -4.22. The number of hydrogen-bond donors (Lipinski definition) is 2. The summed E-state index contributed by atoms with van der Waals surface area (Å²) in [5, 5.41) is 4.79. The standard InChI is InChI=1S/C23H20F6N2O3/c1-13(14-7-16(22(24,25)26)9-17(8-14)23(27,28)29)34-12-20(15-5-3-2-4-6-15)10-21(11-20)18(32)30-19(33)31-21/h2-9,13H,10-12H2,1H3,(H2,30,31,32,33). The second-order valence-electron chi connectivity index (χ2n) is 8.78. The Labute approximate surface area is 190 Å². The SMILES string of the molecule is CC(OCC1(c2ccccc2)CC2(C1)NC(=O)NC2=O)c1cc(C(F)(F)F)cc(C(F)(F)F)c1. The molecule has 11 heteroatoms. The van der Waals surface area contributed by atoms with Gasteiger partial charge in [0.2, 0.25) is 0 Å². The molecule has 0 radical (unpaired) electrons. The van der Waals surface area contributed by atoms with E-state index in [4.69, 9.17) is 4.74 Å². The molecule has 1 spiro atoms. The Balaban J connectivity index is 1.60. The lowest BCUT2D eigenvalue weighted by Gasteiger charge is -2.53. The van der Waals surface area contributed by atoms with Crippen LogP contribution in [-0.2, 0) is 27.3 Å². The van der Waals surface area contributed by atoms with Crippen molar-refractivity contribution < 1.29 is 40.7 Å². The lowest BCUT2D eigenvalue weighted by molar-refractivity contribution is -0.143. The van der Waals surface area contributed by atoms with Crippen LogP contribution in [-0.4, -0.2) is 24.1 Å². The Morgan fingerprint density at radius 1 is 0.941 bits per heavy atom. The molecular formula is C23H20F6N2O3. The van der Waals surface area contributed by atoms with E-state index in [0.29, 0.717) is 12.1 Å². The van der Waals surface area contributed by atoms with Gasteiger partial charge in [0.15, 0.2) is 0 Å². The van der Waals surface area contributed by atoms with Crippen LogP contribution < -0.4 is 10.6 Å². The average molecular weight is 486 g/mol. The van der Waals surface area contributed by atoms with Crippen molar-refractivity contribution in [1.82, 2.24) is 10.6 Å². The van der Waals surface area contributed by atoms with Crippen LogP contribution in [0, 0.1) is 0 Å². The average Bonchev–Trinajstić information content (AvgIpc) is 3.03. The van der Waals surface area contributed by atoms with Crippen molar-refractivity contribution in [1.29, 1.82) is 0 Å². The van der Waals surface area contributed by atoms with Gasteiger partial charge in [0.1, 0.15) is 5.54 Å². The van der Waals surface area contributed by atoms with Gasteiger partial charge in [-0.25, -0.2) is 4.79 Å². The van der Waals surface area contributed by atoms with Crippen molar-refractivity contribution in [2.45, 2.75) is 49.2 Å². The minimum atomic E-state index is -4.96. The zero-order valence-corrected chi connectivity index (χ0v) is 17.8. The lowest BCUT2D eigenvalue weighted by Crippen LogP contribution is -2.65. The van der Waals surface area contributed by atoms with Gasteiger partial charge in [-0.2, -0.15) is 26.3 Å². The molecule has 0 aromatic heterocycles. The summed E-state index contributed by atoms with van der Waals surface area (Å²) in [7, 11) is 0. The number of amides is 3. The number of carbonyl (C=O) groups is 2. The Morgan fingerprint density at radius 2 is 1.50 bits per heavy atom. The first-order chi connectivity index (χ1) is 15.7.